The largest absolute Gasteiger partial charge is 0.335 e. The molecule has 0 saturated heterocycles. The van der Waals surface area contributed by atoms with Crippen molar-refractivity contribution in [2.75, 3.05) is 5.88 Å². The van der Waals surface area contributed by atoms with Gasteiger partial charge >= 0.3 is 0 Å². The lowest BCUT2D eigenvalue weighted by Crippen LogP contribution is -2.42. The van der Waals surface area contributed by atoms with Crippen LogP contribution in [0.1, 0.15) is 25.7 Å². The van der Waals surface area contributed by atoms with Crippen molar-refractivity contribution in [3.05, 3.63) is 12.5 Å². The van der Waals surface area contributed by atoms with Gasteiger partial charge in [-0.2, -0.15) is 0 Å². The van der Waals surface area contributed by atoms with Crippen LogP contribution in [0.2, 0.25) is 0 Å². The highest BCUT2D eigenvalue weighted by atomic mass is 35.5. The molecule has 17 heavy (non-hydrogen) atoms. The average molecular weight is 278 g/mol. The van der Waals surface area contributed by atoms with E-state index in [0.717, 1.165) is 25.7 Å². The van der Waals surface area contributed by atoms with Crippen LogP contribution < -0.4 is 4.72 Å². The number of nitrogens with one attached hydrogen (secondary N) is 2. The molecule has 0 bridgehead atoms. The fourth-order valence-electron chi connectivity index (χ4n) is 2.20. The maximum absolute atomic E-state index is 12.0. The number of nitrogens with zero attached hydrogens (tertiary/aromatic N) is 1. The Bertz CT molecular complexity index is 446. The van der Waals surface area contributed by atoms with E-state index in [4.69, 9.17) is 11.6 Å². The van der Waals surface area contributed by atoms with Gasteiger partial charge < -0.3 is 4.98 Å². The third-order valence-corrected chi connectivity index (χ3v) is 4.99. The third-order valence-electron chi connectivity index (χ3n) is 3.18. The summed E-state index contributed by atoms with van der Waals surface area (Å²) in [5.74, 6) is 0.721. The van der Waals surface area contributed by atoms with Crippen molar-refractivity contribution in [2.24, 2.45) is 5.92 Å². The zero-order valence-corrected chi connectivity index (χ0v) is 11.0. The van der Waals surface area contributed by atoms with E-state index >= 15 is 0 Å². The maximum Gasteiger partial charge on any atom is 0.257 e. The van der Waals surface area contributed by atoms with Gasteiger partial charge in [0, 0.05) is 11.9 Å². The molecule has 0 amide bonds. The van der Waals surface area contributed by atoms with Crippen LogP contribution in [0.15, 0.2) is 17.6 Å². The number of alkyl halides is 1. The molecular weight excluding hydrogens is 262 g/mol. The zero-order chi connectivity index (χ0) is 12.3. The van der Waals surface area contributed by atoms with E-state index in [1.54, 1.807) is 0 Å². The van der Waals surface area contributed by atoms with Gasteiger partial charge in [-0.15, -0.1) is 11.6 Å². The third kappa shape index (κ3) is 3.00. The number of imidazole rings is 1. The molecule has 7 heteroatoms. The van der Waals surface area contributed by atoms with Crippen LogP contribution in [0, 0.1) is 5.92 Å². The summed E-state index contributed by atoms with van der Waals surface area (Å²) in [7, 11) is -3.49. The van der Waals surface area contributed by atoms with E-state index in [-0.39, 0.29) is 17.0 Å². The van der Waals surface area contributed by atoms with E-state index in [1.807, 2.05) is 0 Å². The lowest BCUT2D eigenvalue weighted by atomic mass is 9.86. The SMILES string of the molecule is O=S(=O)(NC1CCCCC1CCl)c1cnc[nH]1. The summed E-state index contributed by atoms with van der Waals surface area (Å²) in [6, 6.07) is -0.0606. The van der Waals surface area contributed by atoms with Gasteiger partial charge in [0.25, 0.3) is 10.0 Å². The molecule has 0 aliphatic heterocycles. The van der Waals surface area contributed by atoms with Crippen molar-refractivity contribution in [3.63, 3.8) is 0 Å². The van der Waals surface area contributed by atoms with Crippen LogP contribution >= 0.6 is 11.6 Å². The summed E-state index contributed by atoms with van der Waals surface area (Å²) >= 11 is 5.87. The van der Waals surface area contributed by atoms with Crippen molar-refractivity contribution in [3.8, 4) is 0 Å². The van der Waals surface area contributed by atoms with Gasteiger partial charge in [0.15, 0.2) is 5.03 Å². The lowest BCUT2D eigenvalue weighted by Gasteiger charge is -2.30. The second kappa shape index (κ2) is 5.37. The Kier molecular flexibility index (Phi) is 4.06. The standard InChI is InChI=1S/C10H16ClN3O2S/c11-5-8-3-1-2-4-9(8)14-17(15,16)10-6-12-7-13-10/h6-9,14H,1-5H2,(H,12,13). The molecule has 1 heterocycles. The molecule has 2 unspecified atom stereocenters. The number of rotatable bonds is 4. The van der Waals surface area contributed by atoms with E-state index in [9.17, 15) is 8.42 Å². The van der Waals surface area contributed by atoms with E-state index in [2.05, 4.69) is 14.7 Å². The van der Waals surface area contributed by atoms with Gasteiger partial charge in [0.1, 0.15) is 0 Å². The Hall–Kier alpha value is -0.590. The lowest BCUT2D eigenvalue weighted by molar-refractivity contribution is 0.313. The zero-order valence-electron chi connectivity index (χ0n) is 9.39. The fraction of sp³-hybridized carbons (Fsp3) is 0.700. The molecule has 1 aromatic heterocycles. The first-order valence-electron chi connectivity index (χ1n) is 5.70. The number of H-pyrrole nitrogens is 1. The molecule has 1 aromatic rings. The summed E-state index contributed by atoms with van der Waals surface area (Å²) in [6.45, 7) is 0. The van der Waals surface area contributed by atoms with Crippen molar-refractivity contribution in [1.29, 1.82) is 0 Å². The second-order valence-corrected chi connectivity index (χ2v) is 6.33. The van der Waals surface area contributed by atoms with Crippen LogP contribution in [0.3, 0.4) is 0 Å². The summed E-state index contributed by atoms with van der Waals surface area (Å²) in [6.07, 6.45) is 6.67. The molecule has 1 aliphatic carbocycles. The molecule has 1 saturated carbocycles. The van der Waals surface area contributed by atoms with Gasteiger partial charge in [0.05, 0.1) is 12.5 Å². The predicted octanol–water partition coefficient (Wildman–Crippen LogP) is 1.49. The predicted molar refractivity (Wildman–Crippen MR) is 65.4 cm³/mol. The van der Waals surface area contributed by atoms with Gasteiger partial charge in [-0.3, -0.25) is 0 Å². The van der Waals surface area contributed by atoms with Crippen molar-refractivity contribution in [2.45, 2.75) is 36.8 Å². The molecular formula is C10H16ClN3O2S. The van der Waals surface area contributed by atoms with Crippen LogP contribution in [-0.4, -0.2) is 30.3 Å². The summed E-state index contributed by atoms with van der Waals surface area (Å²) in [5, 5.41) is 0.108. The number of aromatic nitrogens is 2. The Morgan fingerprint density at radius 3 is 2.88 bits per heavy atom. The van der Waals surface area contributed by atoms with Crippen LogP contribution in [0.5, 0.6) is 0 Å². The van der Waals surface area contributed by atoms with Gasteiger partial charge in [-0.25, -0.2) is 18.1 Å². The van der Waals surface area contributed by atoms with Crippen molar-refractivity contribution in [1.82, 2.24) is 14.7 Å². The van der Waals surface area contributed by atoms with E-state index in [0.29, 0.717) is 5.88 Å². The fourth-order valence-corrected chi connectivity index (χ4v) is 3.81. The minimum Gasteiger partial charge on any atom is -0.335 e. The van der Waals surface area contributed by atoms with E-state index < -0.39 is 10.0 Å². The smallest absolute Gasteiger partial charge is 0.257 e. The monoisotopic (exact) mass is 277 g/mol. The Morgan fingerprint density at radius 2 is 2.24 bits per heavy atom. The molecule has 2 rings (SSSR count). The first-order chi connectivity index (χ1) is 8.13. The van der Waals surface area contributed by atoms with Gasteiger partial charge in [0.2, 0.25) is 0 Å². The summed E-state index contributed by atoms with van der Waals surface area (Å²) in [4.78, 5) is 6.33. The first kappa shape index (κ1) is 12.9. The molecule has 0 aromatic carbocycles. The molecule has 1 fully saturated rings. The number of aromatic amines is 1. The molecule has 2 atom stereocenters. The van der Waals surface area contributed by atoms with Gasteiger partial charge in [-0.05, 0) is 18.8 Å². The number of hydrogen-bond donors (Lipinski definition) is 2. The minimum absolute atomic E-state index is 0.0606. The Balaban J connectivity index is 2.09. The number of sulfonamides is 1. The topological polar surface area (TPSA) is 74.8 Å². The Labute approximate surface area is 106 Å². The molecule has 0 spiro atoms. The highest BCUT2D eigenvalue weighted by Crippen LogP contribution is 2.26. The van der Waals surface area contributed by atoms with Crippen LogP contribution in [0.4, 0.5) is 0 Å². The summed E-state index contributed by atoms with van der Waals surface area (Å²) < 4.78 is 26.7. The van der Waals surface area contributed by atoms with E-state index in [1.165, 1.54) is 12.5 Å². The quantitative estimate of drug-likeness (QED) is 0.819. The molecule has 2 N–H and O–H groups in total. The minimum atomic E-state index is -3.49. The number of hydrogen-bond acceptors (Lipinski definition) is 3. The molecule has 96 valence electrons. The first-order valence-corrected chi connectivity index (χ1v) is 7.72. The average Bonchev–Trinajstić information content (AvgIpc) is 2.83. The maximum atomic E-state index is 12.0. The molecule has 1 aliphatic rings. The van der Waals surface area contributed by atoms with Crippen molar-refractivity contribution >= 4 is 21.6 Å². The van der Waals surface area contributed by atoms with Crippen molar-refractivity contribution < 1.29 is 8.42 Å². The highest BCUT2D eigenvalue weighted by Gasteiger charge is 2.29. The van der Waals surface area contributed by atoms with Crippen LogP contribution in [0.25, 0.3) is 0 Å². The molecule has 5 nitrogen and oxygen atoms in total. The van der Waals surface area contributed by atoms with Crippen LogP contribution in [-0.2, 0) is 10.0 Å². The summed E-state index contributed by atoms with van der Waals surface area (Å²) in [5.41, 5.74) is 0. The molecule has 0 radical (unpaired) electrons. The Morgan fingerprint density at radius 1 is 1.47 bits per heavy atom. The highest BCUT2D eigenvalue weighted by molar-refractivity contribution is 7.89. The normalized spacial score (nSPS) is 25.9. The number of halogens is 1. The second-order valence-electron chi connectivity index (χ2n) is 4.34. The van der Waals surface area contributed by atoms with Gasteiger partial charge in [-0.1, -0.05) is 12.8 Å².